The van der Waals surface area contributed by atoms with Gasteiger partial charge in [0.2, 0.25) is 0 Å². The Kier molecular flexibility index (Phi) is 4.10. The Labute approximate surface area is 123 Å². The number of carbonyl (C=O) groups is 1. The molecule has 0 heterocycles. The van der Waals surface area contributed by atoms with Gasteiger partial charge in [-0.3, -0.25) is 4.79 Å². The largest absolute Gasteiger partial charge is 0.495 e. The zero-order valence-electron chi connectivity index (χ0n) is 11.8. The predicted octanol–water partition coefficient (Wildman–Crippen LogP) is 3.10. The van der Waals surface area contributed by atoms with E-state index >= 15 is 0 Å². The van der Waals surface area contributed by atoms with Crippen LogP contribution in [0.4, 0.5) is 17.1 Å². The van der Waals surface area contributed by atoms with Crippen LogP contribution in [0.15, 0.2) is 36.4 Å². The lowest BCUT2D eigenvalue weighted by Crippen LogP contribution is -2.02. The van der Waals surface area contributed by atoms with E-state index in [2.05, 4.69) is 11.4 Å². The topological polar surface area (TPSA) is 88.1 Å². The third-order valence-corrected chi connectivity index (χ3v) is 3.07. The number of hydrogen-bond donors (Lipinski definition) is 2. The van der Waals surface area contributed by atoms with Crippen LogP contribution in [0.2, 0.25) is 0 Å². The maximum atomic E-state index is 11.4. The molecule has 0 bridgehead atoms. The number of para-hydroxylation sites is 1. The minimum Gasteiger partial charge on any atom is -0.495 e. The SMILES string of the molecule is COc1cccc(C#N)c1Nc1ccc(C(C)=O)c(N)c1. The maximum Gasteiger partial charge on any atom is 0.161 e. The molecule has 106 valence electrons. The summed E-state index contributed by atoms with van der Waals surface area (Å²) in [6, 6.07) is 12.4. The number of nitriles is 1. The molecule has 2 aromatic rings. The highest BCUT2D eigenvalue weighted by atomic mass is 16.5. The van der Waals surface area contributed by atoms with E-state index in [1.165, 1.54) is 14.0 Å². The molecule has 3 N–H and O–H groups in total. The summed E-state index contributed by atoms with van der Waals surface area (Å²) in [6.07, 6.45) is 0. The third kappa shape index (κ3) is 2.95. The first-order valence-corrected chi connectivity index (χ1v) is 6.31. The van der Waals surface area contributed by atoms with Crippen LogP contribution in [-0.4, -0.2) is 12.9 Å². The van der Waals surface area contributed by atoms with E-state index in [1.54, 1.807) is 36.4 Å². The number of Topliss-reactive ketones (excluding diaryl/α,β-unsaturated/α-hetero) is 1. The normalized spacial score (nSPS) is 9.76. The maximum absolute atomic E-state index is 11.4. The first-order valence-electron chi connectivity index (χ1n) is 6.31. The number of anilines is 3. The highest BCUT2D eigenvalue weighted by Crippen LogP contribution is 2.31. The summed E-state index contributed by atoms with van der Waals surface area (Å²) in [6.45, 7) is 1.47. The number of benzene rings is 2. The molecule has 0 saturated heterocycles. The van der Waals surface area contributed by atoms with E-state index in [9.17, 15) is 10.1 Å². The lowest BCUT2D eigenvalue weighted by atomic mass is 10.1. The third-order valence-electron chi connectivity index (χ3n) is 3.07. The first-order chi connectivity index (χ1) is 10.1. The van der Waals surface area contributed by atoms with Crippen molar-refractivity contribution in [1.82, 2.24) is 0 Å². The molecule has 21 heavy (non-hydrogen) atoms. The number of nitrogens with two attached hydrogens (primary N) is 1. The molecule has 0 unspecified atom stereocenters. The van der Waals surface area contributed by atoms with Crippen molar-refractivity contribution >= 4 is 22.8 Å². The van der Waals surface area contributed by atoms with Crippen molar-refractivity contribution in [1.29, 1.82) is 5.26 Å². The van der Waals surface area contributed by atoms with Crippen LogP contribution in [0.1, 0.15) is 22.8 Å². The number of carbonyl (C=O) groups excluding carboxylic acids is 1. The van der Waals surface area contributed by atoms with Crippen LogP contribution in [-0.2, 0) is 0 Å². The zero-order valence-corrected chi connectivity index (χ0v) is 11.8. The molecule has 0 saturated carbocycles. The molecule has 5 heteroatoms. The molecular weight excluding hydrogens is 266 g/mol. The highest BCUT2D eigenvalue weighted by Gasteiger charge is 2.11. The molecular formula is C16H15N3O2. The summed E-state index contributed by atoms with van der Waals surface area (Å²) < 4.78 is 5.25. The van der Waals surface area contributed by atoms with Crippen molar-refractivity contribution in [3.63, 3.8) is 0 Å². The van der Waals surface area contributed by atoms with E-state index in [0.29, 0.717) is 33.9 Å². The summed E-state index contributed by atoms with van der Waals surface area (Å²) in [5, 5.41) is 12.3. The number of methoxy groups -OCH3 is 1. The molecule has 0 aliphatic heterocycles. The van der Waals surface area contributed by atoms with Gasteiger partial charge in [0.1, 0.15) is 11.8 Å². The fraction of sp³-hybridized carbons (Fsp3) is 0.125. The summed E-state index contributed by atoms with van der Waals surface area (Å²) in [5.74, 6) is 0.470. The van der Waals surface area contributed by atoms with Crippen molar-refractivity contribution in [2.45, 2.75) is 6.92 Å². The van der Waals surface area contributed by atoms with Gasteiger partial charge < -0.3 is 15.8 Å². The fourth-order valence-electron chi connectivity index (χ4n) is 2.03. The van der Waals surface area contributed by atoms with Gasteiger partial charge in [-0.25, -0.2) is 0 Å². The second-order valence-corrected chi connectivity index (χ2v) is 4.48. The van der Waals surface area contributed by atoms with Crippen molar-refractivity contribution in [3.05, 3.63) is 47.5 Å². The Hall–Kier alpha value is -3.00. The Morgan fingerprint density at radius 2 is 2.10 bits per heavy atom. The summed E-state index contributed by atoms with van der Waals surface area (Å²) in [7, 11) is 1.54. The van der Waals surface area contributed by atoms with Crippen LogP contribution in [0.3, 0.4) is 0 Å². The number of nitrogen functional groups attached to an aromatic ring is 1. The molecule has 0 fully saturated rings. The predicted molar refractivity (Wildman–Crippen MR) is 81.9 cm³/mol. The van der Waals surface area contributed by atoms with E-state index in [-0.39, 0.29) is 5.78 Å². The number of rotatable bonds is 4. The van der Waals surface area contributed by atoms with Crippen LogP contribution in [0, 0.1) is 11.3 Å². The van der Waals surface area contributed by atoms with Crippen molar-refractivity contribution < 1.29 is 9.53 Å². The van der Waals surface area contributed by atoms with Gasteiger partial charge in [0.05, 0.1) is 18.4 Å². The van der Waals surface area contributed by atoms with Crippen LogP contribution < -0.4 is 15.8 Å². The van der Waals surface area contributed by atoms with Crippen LogP contribution in [0.5, 0.6) is 5.75 Å². The van der Waals surface area contributed by atoms with Gasteiger partial charge in [-0.05, 0) is 37.3 Å². The zero-order chi connectivity index (χ0) is 15.4. The number of ether oxygens (including phenoxy) is 1. The Balaban J connectivity index is 2.41. The second-order valence-electron chi connectivity index (χ2n) is 4.48. The monoisotopic (exact) mass is 281 g/mol. The molecule has 5 nitrogen and oxygen atoms in total. The van der Waals surface area contributed by atoms with Gasteiger partial charge in [-0.2, -0.15) is 5.26 Å². The standard InChI is InChI=1S/C16H15N3O2/c1-10(20)13-7-6-12(8-14(13)18)19-16-11(9-17)4-3-5-15(16)21-2/h3-8,19H,18H2,1-2H3. The average Bonchev–Trinajstić information content (AvgIpc) is 2.47. The molecule has 0 aliphatic rings. The number of nitrogens with zero attached hydrogens (tertiary/aromatic N) is 1. The van der Waals surface area contributed by atoms with Crippen molar-refractivity contribution in [2.75, 3.05) is 18.2 Å². The van der Waals surface area contributed by atoms with E-state index in [1.807, 2.05) is 0 Å². The minimum absolute atomic E-state index is 0.0888. The summed E-state index contributed by atoms with van der Waals surface area (Å²) in [5.41, 5.74) is 8.43. The van der Waals surface area contributed by atoms with E-state index in [4.69, 9.17) is 10.5 Å². The Morgan fingerprint density at radius 1 is 1.33 bits per heavy atom. The van der Waals surface area contributed by atoms with Crippen molar-refractivity contribution in [3.8, 4) is 11.8 Å². The number of hydrogen-bond acceptors (Lipinski definition) is 5. The van der Waals surface area contributed by atoms with Gasteiger partial charge in [0.15, 0.2) is 5.78 Å². The van der Waals surface area contributed by atoms with Crippen LogP contribution in [0.25, 0.3) is 0 Å². The molecule has 0 spiro atoms. The molecule has 0 aliphatic carbocycles. The summed E-state index contributed by atoms with van der Waals surface area (Å²) in [4.78, 5) is 11.4. The number of ketones is 1. The molecule has 0 radical (unpaired) electrons. The van der Waals surface area contributed by atoms with Gasteiger partial charge in [0.25, 0.3) is 0 Å². The van der Waals surface area contributed by atoms with Gasteiger partial charge >= 0.3 is 0 Å². The molecule has 0 aromatic heterocycles. The smallest absolute Gasteiger partial charge is 0.161 e. The van der Waals surface area contributed by atoms with Gasteiger partial charge in [0, 0.05) is 16.9 Å². The first kappa shape index (κ1) is 14.4. The Bertz CT molecular complexity index is 733. The molecule has 2 aromatic carbocycles. The van der Waals surface area contributed by atoms with E-state index < -0.39 is 0 Å². The fourth-order valence-corrected chi connectivity index (χ4v) is 2.03. The molecule has 0 atom stereocenters. The highest BCUT2D eigenvalue weighted by molar-refractivity contribution is 5.99. The number of nitrogens with one attached hydrogen (secondary N) is 1. The van der Waals surface area contributed by atoms with Crippen LogP contribution >= 0.6 is 0 Å². The average molecular weight is 281 g/mol. The van der Waals surface area contributed by atoms with Gasteiger partial charge in [-0.1, -0.05) is 6.07 Å². The van der Waals surface area contributed by atoms with Crippen molar-refractivity contribution in [2.24, 2.45) is 0 Å². The minimum atomic E-state index is -0.0888. The van der Waals surface area contributed by atoms with Gasteiger partial charge in [-0.15, -0.1) is 0 Å². The Morgan fingerprint density at radius 3 is 2.67 bits per heavy atom. The lowest BCUT2D eigenvalue weighted by molar-refractivity contribution is 0.101. The second kappa shape index (κ2) is 5.97. The van der Waals surface area contributed by atoms with E-state index in [0.717, 1.165) is 0 Å². The summed E-state index contributed by atoms with van der Waals surface area (Å²) >= 11 is 0. The lowest BCUT2D eigenvalue weighted by Gasteiger charge is -2.13. The molecule has 2 rings (SSSR count). The quantitative estimate of drug-likeness (QED) is 0.664. The molecule has 0 amide bonds.